The lowest BCUT2D eigenvalue weighted by Gasteiger charge is -2.35. The molecule has 0 aliphatic carbocycles. The van der Waals surface area contributed by atoms with Gasteiger partial charge in [0.25, 0.3) is 0 Å². The number of carbonyl (C=O) groups is 1. The summed E-state index contributed by atoms with van der Waals surface area (Å²) >= 11 is 0. The molecular weight excluding hydrogens is 274 g/mol. The molecule has 1 amide bonds. The molecule has 5 heteroatoms. The standard InChI is InChI=1S/C16H20F2N2O/c1-20(14-8-12-3-4-13(9-14)19-12)16(21)7-10-6-11(17)2-5-15(10)18/h2,5-6,12-14,19H,3-4,7-9H2,1H3/t12-,13-/m0/s1. The highest BCUT2D eigenvalue weighted by atomic mass is 19.1. The van der Waals surface area contributed by atoms with E-state index in [4.69, 9.17) is 0 Å². The van der Waals surface area contributed by atoms with Gasteiger partial charge in [0.2, 0.25) is 5.91 Å². The van der Waals surface area contributed by atoms with Crippen molar-refractivity contribution in [3.05, 3.63) is 35.4 Å². The zero-order valence-electron chi connectivity index (χ0n) is 12.1. The minimum absolute atomic E-state index is 0.0840. The third-order valence-electron chi connectivity index (χ3n) is 4.74. The van der Waals surface area contributed by atoms with E-state index in [0.717, 1.165) is 31.0 Å². The smallest absolute Gasteiger partial charge is 0.227 e. The summed E-state index contributed by atoms with van der Waals surface area (Å²) in [5.74, 6) is -1.18. The minimum atomic E-state index is -0.525. The van der Waals surface area contributed by atoms with Gasteiger partial charge in [-0.3, -0.25) is 4.79 Å². The maximum atomic E-state index is 13.6. The van der Waals surface area contributed by atoms with Gasteiger partial charge in [-0.05, 0) is 43.9 Å². The number of rotatable bonds is 3. The van der Waals surface area contributed by atoms with Gasteiger partial charge in [0.05, 0.1) is 6.42 Å². The van der Waals surface area contributed by atoms with Crippen LogP contribution in [0.1, 0.15) is 31.2 Å². The number of fused-ring (bicyclic) bond motifs is 2. The Morgan fingerprint density at radius 1 is 1.29 bits per heavy atom. The summed E-state index contributed by atoms with van der Waals surface area (Å²) < 4.78 is 26.8. The molecule has 0 aromatic heterocycles. The van der Waals surface area contributed by atoms with Crippen LogP contribution in [0.4, 0.5) is 8.78 Å². The van der Waals surface area contributed by atoms with Crippen molar-refractivity contribution >= 4 is 5.91 Å². The van der Waals surface area contributed by atoms with Gasteiger partial charge in [-0.25, -0.2) is 8.78 Å². The van der Waals surface area contributed by atoms with E-state index in [9.17, 15) is 13.6 Å². The topological polar surface area (TPSA) is 32.3 Å². The predicted molar refractivity (Wildman–Crippen MR) is 75.8 cm³/mol. The lowest BCUT2D eigenvalue weighted by molar-refractivity contribution is -0.132. The van der Waals surface area contributed by atoms with Crippen molar-refractivity contribution in [3.63, 3.8) is 0 Å². The van der Waals surface area contributed by atoms with Crippen molar-refractivity contribution in [1.82, 2.24) is 10.2 Å². The van der Waals surface area contributed by atoms with Crippen LogP contribution in [-0.2, 0) is 11.2 Å². The lowest BCUT2D eigenvalue weighted by Crippen LogP contribution is -2.49. The van der Waals surface area contributed by atoms with Gasteiger partial charge in [0, 0.05) is 30.7 Å². The van der Waals surface area contributed by atoms with Crippen molar-refractivity contribution < 1.29 is 13.6 Å². The van der Waals surface area contributed by atoms with Crippen molar-refractivity contribution in [1.29, 1.82) is 0 Å². The summed E-state index contributed by atoms with van der Waals surface area (Å²) in [5.41, 5.74) is 0.128. The van der Waals surface area contributed by atoms with Crippen LogP contribution in [0.2, 0.25) is 0 Å². The highest BCUT2D eigenvalue weighted by molar-refractivity contribution is 5.79. The molecule has 1 N–H and O–H groups in total. The number of halogens is 2. The van der Waals surface area contributed by atoms with Crippen LogP contribution in [-0.4, -0.2) is 36.0 Å². The van der Waals surface area contributed by atoms with Crippen LogP contribution >= 0.6 is 0 Å². The number of hydrogen-bond acceptors (Lipinski definition) is 2. The van der Waals surface area contributed by atoms with Crippen LogP contribution in [0.25, 0.3) is 0 Å². The van der Waals surface area contributed by atoms with Crippen LogP contribution in [0.15, 0.2) is 18.2 Å². The van der Waals surface area contributed by atoms with Gasteiger partial charge >= 0.3 is 0 Å². The Morgan fingerprint density at radius 2 is 1.95 bits per heavy atom. The first-order valence-electron chi connectivity index (χ1n) is 7.48. The van der Waals surface area contributed by atoms with Crippen molar-refractivity contribution in [2.24, 2.45) is 0 Å². The Labute approximate surface area is 123 Å². The highest BCUT2D eigenvalue weighted by Crippen LogP contribution is 2.29. The molecule has 3 nitrogen and oxygen atoms in total. The van der Waals surface area contributed by atoms with Gasteiger partial charge in [-0.15, -0.1) is 0 Å². The molecule has 114 valence electrons. The normalized spacial score (nSPS) is 27.7. The summed E-state index contributed by atoms with van der Waals surface area (Å²) in [6.07, 6.45) is 4.15. The summed E-state index contributed by atoms with van der Waals surface area (Å²) in [7, 11) is 1.77. The number of likely N-dealkylation sites (N-methyl/N-ethyl adjacent to an activating group) is 1. The number of amides is 1. The number of nitrogens with zero attached hydrogens (tertiary/aromatic N) is 1. The molecule has 2 bridgehead atoms. The fourth-order valence-electron chi connectivity index (χ4n) is 3.51. The maximum Gasteiger partial charge on any atom is 0.227 e. The lowest BCUT2D eigenvalue weighted by atomic mass is 9.98. The monoisotopic (exact) mass is 294 g/mol. The number of carbonyl (C=O) groups excluding carboxylic acids is 1. The fourth-order valence-corrected chi connectivity index (χ4v) is 3.51. The largest absolute Gasteiger partial charge is 0.342 e. The second kappa shape index (κ2) is 5.72. The van der Waals surface area contributed by atoms with Crippen LogP contribution in [0.5, 0.6) is 0 Å². The predicted octanol–water partition coefficient (Wildman–Crippen LogP) is 2.25. The molecule has 1 aromatic rings. The second-order valence-electron chi connectivity index (χ2n) is 6.18. The number of nitrogens with one attached hydrogen (secondary N) is 1. The fraction of sp³-hybridized carbons (Fsp3) is 0.562. The third-order valence-corrected chi connectivity index (χ3v) is 4.74. The van der Waals surface area contributed by atoms with Crippen LogP contribution in [0, 0.1) is 11.6 Å². The number of piperidine rings is 1. The Bertz CT molecular complexity index is 537. The molecular formula is C16H20F2N2O. The molecule has 0 spiro atoms. The SMILES string of the molecule is CN(C(=O)Cc1cc(F)ccc1F)C1C[C@@H]2CC[C@@H](C1)N2. The van der Waals surface area contributed by atoms with E-state index in [1.807, 2.05) is 0 Å². The molecule has 21 heavy (non-hydrogen) atoms. The first-order chi connectivity index (χ1) is 10.0. The summed E-state index contributed by atoms with van der Waals surface area (Å²) in [6.45, 7) is 0. The molecule has 2 heterocycles. The van der Waals surface area contributed by atoms with Crippen LogP contribution < -0.4 is 5.32 Å². The third kappa shape index (κ3) is 3.07. The molecule has 2 aliphatic rings. The van der Waals surface area contributed by atoms with Crippen molar-refractivity contribution in [3.8, 4) is 0 Å². The van der Waals surface area contributed by atoms with E-state index in [-0.39, 0.29) is 23.9 Å². The first kappa shape index (κ1) is 14.4. The van der Waals surface area contributed by atoms with Crippen LogP contribution in [0.3, 0.4) is 0 Å². The van der Waals surface area contributed by atoms with E-state index in [2.05, 4.69) is 5.32 Å². The molecule has 2 aliphatic heterocycles. The van der Waals surface area contributed by atoms with E-state index < -0.39 is 11.6 Å². The quantitative estimate of drug-likeness (QED) is 0.927. The van der Waals surface area contributed by atoms with Gasteiger partial charge in [-0.2, -0.15) is 0 Å². The maximum absolute atomic E-state index is 13.6. The van der Waals surface area contributed by atoms with Gasteiger partial charge in [0.15, 0.2) is 0 Å². The van der Waals surface area contributed by atoms with E-state index in [1.165, 1.54) is 12.8 Å². The Balaban J connectivity index is 1.66. The summed E-state index contributed by atoms with van der Waals surface area (Å²) in [5, 5.41) is 3.53. The molecule has 2 fully saturated rings. The zero-order chi connectivity index (χ0) is 15.0. The average Bonchev–Trinajstić information content (AvgIpc) is 2.80. The van der Waals surface area contributed by atoms with Crippen molar-refractivity contribution in [2.45, 2.75) is 50.2 Å². The van der Waals surface area contributed by atoms with Gasteiger partial charge in [0.1, 0.15) is 11.6 Å². The Morgan fingerprint density at radius 3 is 2.62 bits per heavy atom. The number of benzene rings is 1. The van der Waals surface area contributed by atoms with Crippen molar-refractivity contribution in [2.75, 3.05) is 7.05 Å². The zero-order valence-corrected chi connectivity index (χ0v) is 12.1. The molecule has 0 saturated carbocycles. The molecule has 2 atom stereocenters. The first-order valence-corrected chi connectivity index (χ1v) is 7.48. The summed E-state index contributed by atoms with van der Waals surface area (Å²) in [6, 6.07) is 4.44. The molecule has 0 radical (unpaired) electrons. The highest BCUT2D eigenvalue weighted by Gasteiger charge is 2.36. The Kier molecular flexibility index (Phi) is 3.93. The Hall–Kier alpha value is -1.49. The van der Waals surface area contributed by atoms with E-state index in [0.29, 0.717) is 12.1 Å². The molecule has 0 unspecified atom stereocenters. The number of hydrogen-bond donors (Lipinski definition) is 1. The average molecular weight is 294 g/mol. The molecule has 1 aromatic carbocycles. The second-order valence-corrected chi connectivity index (χ2v) is 6.18. The van der Waals surface area contributed by atoms with E-state index in [1.54, 1.807) is 11.9 Å². The summed E-state index contributed by atoms with van der Waals surface area (Å²) in [4.78, 5) is 14.0. The van der Waals surface area contributed by atoms with Gasteiger partial charge < -0.3 is 10.2 Å². The molecule has 2 saturated heterocycles. The van der Waals surface area contributed by atoms with E-state index >= 15 is 0 Å². The van der Waals surface area contributed by atoms with Gasteiger partial charge in [-0.1, -0.05) is 0 Å². The molecule has 3 rings (SSSR count). The minimum Gasteiger partial charge on any atom is -0.342 e.